The highest BCUT2D eigenvalue weighted by Crippen LogP contribution is 2.43. The van der Waals surface area contributed by atoms with Gasteiger partial charge in [0.05, 0.1) is 11.7 Å². The van der Waals surface area contributed by atoms with Crippen LogP contribution in [0.5, 0.6) is 0 Å². The standard InChI is InChI=1S/C50H30N8S/c51-31-37(32-52)47(36-23-27-44(28-24-36)58(41-17-9-3-10-18-41)42-19-11-4-12-20-42)48(38(33-53)34-54)46-30-29-45(49-50(46)56-59-55-49)35-21-25-43(26-22-35)57(39-13-5-1-6-14-39)40-15-7-2-8-16-40/h1-30H. The number of anilines is 6. The van der Waals surface area contributed by atoms with Crippen LogP contribution in [-0.4, -0.2) is 8.75 Å². The van der Waals surface area contributed by atoms with Crippen molar-refractivity contribution < 1.29 is 0 Å². The van der Waals surface area contributed by atoms with Crippen molar-refractivity contribution in [3.63, 3.8) is 0 Å². The predicted octanol–water partition coefficient (Wildman–Crippen LogP) is 12.6. The molecule has 0 bridgehead atoms. The Balaban J connectivity index is 1.22. The number of rotatable bonds is 10. The van der Waals surface area contributed by atoms with Crippen LogP contribution in [0.2, 0.25) is 0 Å². The first-order valence-corrected chi connectivity index (χ1v) is 19.2. The molecule has 9 heteroatoms. The largest absolute Gasteiger partial charge is 0.311 e. The van der Waals surface area contributed by atoms with E-state index in [1.165, 1.54) is 0 Å². The third-order valence-electron chi connectivity index (χ3n) is 9.79. The van der Waals surface area contributed by atoms with Crippen molar-refractivity contribution in [2.75, 3.05) is 9.80 Å². The summed E-state index contributed by atoms with van der Waals surface area (Å²) in [6, 6.07) is 67.4. The van der Waals surface area contributed by atoms with Crippen molar-refractivity contribution in [2.24, 2.45) is 0 Å². The Bertz CT molecular complexity index is 2890. The number of nitriles is 4. The van der Waals surface area contributed by atoms with Crippen LogP contribution in [0.4, 0.5) is 34.1 Å². The molecule has 0 atom stereocenters. The molecule has 0 fully saturated rings. The highest BCUT2D eigenvalue weighted by Gasteiger charge is 2.26. The average molecular weight is 775 g/mol. The molecule has 0 aliphatic rings. The molecule has 0 radical (unpaired) electrons. The van der Waals surface area contributed by atoms with E-state index in [4.69, 9.17) is 0 Å². The molecule has 1 heterocycles. The summed E-state index contributed by atoms with van der Waals surface area (Å²) in [7, 11) is 0. The first-order valence-electron chi connectivity index (χ1n) is 18.5. The van der Waals surface area contributed by atoms with E-state index in [-0.39, 0.29) is 22.3 Å². The average Bonchev–Trinajstić information content (AvgIpc) is 3.80. The minimum Gasteiger partial charge on any atom is -0.311 e. The van der Waals surface area contributed by atoms with Crippen LogP contribution in [-0.2, 0) is 0 Å². The Morgan fingerprint density at radius 2 is 0.763 bits per heavy atom. The molecule has 1 aromatic heterocycles. The quantitative estimate of drug-likeness (QED) is 0.0992. The number of fused-ring (bicyclic) bond motifs is 1. The third kappa shape index (κ3) is 7.41. The summed E-state index contributed by atoms with van der Waals surface area (Å²) >= 11 is 1.00. The molecule has 0 saturated heterocycles. The van der Waals surface area contributed by atoms with Gasteiger partial charge in [-0.1, -0.05) is 109 Å². The van der Waals surface area contributed by atoms with Crippen LogP contribution in [0.3, 0.4) is 0 Å². The second-order valence-electron chi connectivity index (χ2n) is 13.2. The summed E-state index contributed by atoms with van der Waals surface area (Å²) < 4.78 is 9.36. The summed E-state index contributed by atoms with van der Waals surface area (Å²) in [6.45, 7) is 0. The molecule has 7 aromatic carbocycles. The molecule has 8 nitrogen and oxygen atoms in total. The van der Waals surface area contributed by atoms with Gasteiger partial charge in [-0.2, -0.15) is 29.8 Å². The molecule has 0 N–H and O–H groups in total. The normalized spacial score (nSPS) is 10.3. The lowest BCUT2D eigenvalue weighted by molar-refractivity contribution is 1.28. The number of benzene rings is 7. The molecular formula is C50H30N8S. The number of hydrogen-bond acceptors (Lipinski definition) is 9. The van der Waals surface area contributed by atoms with E-state index in [1.54, 1.807) is 18.2 Å². The van der Waals surface area contributed by atoms with Crippen molar-refractivity contribution in [2.45, 2.75) is 0 Å². The summed E-state index contributed by atoms with van der Waals surface area (Å²) in [6.07, 6.45) is 0. The maximum absolute atomic E-state index is 10.4. The van der Waals surface area contributed by atoms with Gasteiger partial charge >= 0.3 is 0 Å². The smallest absolute Gasteiger partial charge is 0.138 e. The summed E-state index contributed by atoms with van der Waals surface area (Å²) in [5.41, 5.74) is 9.01. The zero-order valence-electron chi connectivity index (χ0n) is 31.3. The van der Waals surface area contributed by atoms with E-state index in [2.05, 4.69) is 54.9 Å². The van der Waals surface area contributed by atoms with Crippen LogP contribution >= 0.6 is 11.7 Å². The molecule has 0 aliphatic heterocycles. The molecule has 0 saturated carbocycles. The number of hydrogen-bond donors (Lipinski definition) is 0. The van der Waals surface area contributed by atoms with Gasteiger partial charge in [0, 0.05) is 56.4 Å². The van der Waals surface area contributed by atoms with Gasteiger partial charge in [-0.05, 0) is 83.9 Å². The monoisotopic (exact) mass is 774 g/mol. The topological polar surface area (TPSA) is 127 Å². The molecule has 8 rings (SSSR count). The van der Waals surface area contributed by atoms with Crippen molar-refractivity contribution in [1.82, 2.24) is 8.75 Å². The number of para-hydroxylation sites is 4. The number of allylic oxidation sites excluding steroid dienone is 4. The lowest BCUT2D eigenvalue weighted by Crippen LogP contribution is -2.09. The zero-order valence-corrected chi connectivity index (χ0v) is 32.1. The first-order chi connectivity index (χ1) is 29.1. The molecule has 0 amide bonds. The SMILES string of the molecule is N#CC(C#N)=C(C(=C(C#N)C#N)c1ccc(-c2ccc(N(c3ccccc3)c3ccccc3)cc2)c2nsnc12)c1ccc(N(c2ccccc2)c2ccccc2)cc1. The van der Waals surface area contributed by atoms with Crippen molar-refractivity contribution in [3.8, 4) is 35.4 Å². The van der Waals surface area contributed by atoms with E-state index in [0.717, 1.165) is 57.0 Å². The molecule has 8 aromatic rings. The maximum atomic E-state index is 10.4. The minimum atomic E-state index is -0.268. The Labute approximate surface area is 345 Å². The second-order valence-corrected chi connectivity index (χ2v) is 13.7. The molecular weight excluding hydrogens is 745 g/mol. The fraction of sp³-hybridized carbons (Fsp3) is 0. The lowest BCUT2D eigenvalue weighted by atomic mass is 9.85. The Kier molecular flexibility index (Phi) is 10.8. The maximum Gasteiger partial charge on any atom is 0.138 e. The van der Waals surface area contributed by atoms with Crippen LogP contribution in [0.1, 0.15) is 11.1 Å². The van der Waals surface area contributed by atoms with E-state index < -0.39 is 0 Å². The van der Waals surface area contributed by atoms with Crippen LogP contribution in [0.15, 0.2) is 193 Å². The Hall–Kier alpha value is -8.60. The van der Waals surface area contributed by atoms with Crippen LogP contribution in [0, 0.1) is 45.3 Å². The van der Waals surface area contributed by atoms with Gasteiger partial charge in [-0.3, -0.25) is 0 Å². The van der Waals surface area contributed by atoms with Crippen molar-refractivity contribution in [1.29, 1.82) is 21.0 Å². The first kappa shape index (κ1) is 37.3. The zero-order chi connectivity index (χ0) is 40.6. The minimum absolute atomic E-state index is 0.129. The molecule has 276 valence electrons. The molecule has 0 spiro atoms. The van der Waals surface area contributed by atoms with Gasteiger partial charge in [-0.25, -0.2) is 0 Å². The number of nitrogens with zero attached hydrogens (tertiary/aromatic N) is 8. The van der Waals surface area contributed by atoms with Gasteiger partial charge in [0.2, 0.25) is 0 Å². The van der Waals surface area contributed by atoms with Crippen molar-refractivity contribution >= 4 is 68.0 Å². The van der Waals surface area contributed by atoms with Crippen molar-refractivity contribution in [3.05, 3.63) is 204 Å². The Morgan fingerprint density at radius 1 is 0.390 bits per heavy atom. The summed E-state index contributed by atoms with van der Waals surface area (Å²) in [4.78, 5) is 4.27. The van der Waals surface area contributed by atoms with Gasteiger partial charge in [0.25, 0.3) is 0 Å². The van der Waals surface area contributed by atoms with Gasteiger partial charge in [0.15, 0.2) is 0 Å². The van der Waals surface area contributed by atoms with Crippen LogP contribution < -0.4 is 9.80 Å². The molecule has 0 unspecified atom stereocenters. The number of aromatic nitrogens is 2. The Morgan fingerprint density at radius 3 is 1.19 bits per heavy atom. The highest BCUT2D eigenvalue weighted by atomic mass is 32.1. The van der Waals surface area contributed by atoms with E-state index >= 15 is 0 Å². The van der Waals surface area contributed by atoms with E-state index in [0.29, 0.717) is 22.2 Å². The van der Waals surface area contributed by atoms with Gasteiger partial charge in [0.1, 0.15) is 46.5 Å². The van der Waals surface area contributed by atoms with E-state index in [9.17, 15) is 21.0 Å². The fourth-order valence-electron chi connectivity index (χ4n) is 7.15. The molecule has 59 heavy (non-hydrogen) atoms. The molecule has 0 aliphatic carbocycles. The summed E-state index contributed by atoms with van der Waals surface area (Å²) in [5.74, 6) is 0. The summed E-state index contributed by atoms with van der Waals surface area (Å²) in [5, 5.41) is 41.4. The highest BCUT2D eigenvalue weighted by molar-refractivity contribution is 7.00. The van der Waals surface area contributed by atoms with Gasteiger partial charge < -0.3 is 9.80 Å². The van der Waals surface area contributed by atoms with E-state index in [1.807, 2.05) is 152 Å². The second kappa shape index (κ2) is 17.0. The fourth-order valence-corrected chi connectivity index (χ4v) is 7.73. The third-order valence-corrected chi connectivity index (χ3v) is 10.3. The predicted molar refractivity (Wildman–Crippen MR) is 235 cm³/mol. The van der Waals surface area contributed by atoms with Crippen LogP contribution in [0.25, 0.3) is 33.3 Å². The lowest BCUT2D eigenvalue weighted by Gasteiger charge is -2.26. The van der Waals surface area contributed by atoms with Gasteiger partial charge in [-0.15, -0.1) is 0 Å².